The number of hydrogen-bond acceptors (Lipinski definition) is 5. The molecule has 1 atom stereocenters. The van der Waals surface area contributed by atoms with Crippen LogP contribution >= 0.6 is 34.8 Å². The molecule has 3 aromatic carbocycles. The smallest absolute Gasteiger partial charge is 0.260 e. The molecule has 0 saturated carbocycles. The standard InChI is InChI=1S/C28H23Cl3N2O4/c1-15-24(26(32-37-15)25-20(30)9-6-10-21(25)31)28(34)33-12-11-16-13-22(35-2)23(36-3)14-18(16)27(33)17-7-4-5-8-19(17)29/h4-10,13-14,27H,11-12H2,1-3H3/t27-/m0/s1. The summed E-state index contributed by atoms with van der Waals surface area (Å²) in [4.78, 5) is 16.1. The normalized spacial score (nSPS) is 14.9. The maximum Gasteiger partial charge on any atom is 0.260 e. The van der Waals surface area contributed by atoms with E-state index in [1.807, 2.05) is 36.4 Å². The Morgan fingerprint density at radius 2 is 1.59 bits per heavy atom. The maximum atomic E-state index is 14.3. The topological polar surface area (TPSA) is 64.8 Å². The lowest BCUT2D eigenvalue weighted by atomic mass is 9.87. The third kappa shape index (κ3) is 4.43. The van der Waals surface area contributed by atoms with Gasteiger partial charge in [-0.3, -0.25) is 4.79 Å². The molecule has 0 unspecified atom stereocenters. The first-order valence-electron chi connectivity index (χ1n) is 11.6. The lowest BCUT2D eigenvalue weighted by Crippen LogP contribution is -2.41. The highest BCUT2D eigenvalue weighted by Gasteiger charge is 2.38. The van der Waals surface area contributed by atoms with Crippen molar-refractivity contribution in [2.24, 2.45) is 0 Å². The summed E-state index contributed by atoms with van der Waals surface area (Å²) in [6.45, 7) is 2.13. The molecule has 1 aliphatic rings. The van der Waals surface area contributed by atoms with Crippen molar-refractivity contribution in [2.45, 2.75) is 19.4 Å². The number of benzene rings is 3. The van der Waals surface area contributed by atoms with Gasteiger partial charge in [-0.2, -0.15) is 0 Å². The Morgan fingerprint density at radius 3 is 2.27 bits per heavy atom. The second-order valence-corrected chi connectivity index (χ2v) is 9.86. The van der Waals surface area contributed by atoms with Crippen LogP contribution < -0.4 is 9.47 Å². The number of hydrogen-bond donors (Lipinski definition) is 0. The second kappa shape index (κ2) is 10.3. The molecule has 4 aromatic rings. The van der Waals surface area contributed by atoms with Crippen molar-refractivity contribution in [2.75, 3.05) is 20.8 Å². The predicted octanol–water partition coefficient (Wildman–Crippen LogP) is 7.42. The second-order valence-electron chi connectivity index (χ2n) is 8.64. The molecule has 2 heterocycles. The van der Waals surface area contributed by atoms with Gasteiger partial charge in [0.05, 0.1) is 30.3 Å². The third-order valence-electron chi connectivity index (χ3n) is 6.61. The van der Waals surface area contributed by atoms with Gasteiger partial charge >= 0.3 is 0 Å². The van der Waals surface area contributed by atoms with Crippen molar-refractivity contribution in [1.82, 2.24) is 10.1 Å². The summed E-state index contributed by atoms with van der Waals surface area (Å²) >= 11 is 19.6. The van der Waals surface area contributed by atoms with E-state index in [2.05, 4.69) is 5.16 Å². The molecule has 0 spiro atoms. The molecule has 9 heteroatoms. The van der Waals surface area contributed by atoms with Gasteiger partial charge in [-0.1, -0.05) is 64.2 Å². The number of nitrogens with zero attached hydrogens (tertiary/aromatic N) is 2. The van der Waals surface area contributed by atoms with E-state index in [9.17, 15) is 4.79 Å². The number of rotatable bonds is 5. The summed E-state index contributed by atoms with van der Waals surface area (Å²) in [5.41, 5.74) is 3.78. The first-order valence-corrected chi connectivity index (χ1v) is 12.7. The van der Waals surface area contributed by atoms with Gasteiger partial charge in [-0.15, -0.1) is 0 Å². The van der Waals surface area contributed by atoms with E-state index in [4.69, 9.17) is 48.8 Å². The molecule has 1 aromatic heterocycles. The molecular formula is C28H23Cl3N2O4. The van der Waals surface area contributed by atoms with Crippen molar-refractivity contribution >= 4 is 40.7 Å². The minimum atomic E-state index is -0.492. The molecule has 6 nitrogen and oxygen atoms in total. The van der Waals surface area contributed by atoms with Crippen LogP contribution in [0.4, 0.5) is 0 Å². The van der Waals surface area contributed by atoms with E-state index in [1.165, 1.54) is 0 Å². The van der Waals surface area contributed by atoms with Crippen molar-refractivity contribution in [3.8, 4) is 22.8 Å². The maximum absolute atomic E-state index is 14.3. The number of amides is 1. The molecule has 0 radical (unpaired) electrons. The van der Waals surface area contributed by atoms with Gasteiger partial charge in [0.15, 0.2) is 11.5 Å². The van der Waals surface area contributed by atoms with E-state index < -0.39 is 6.04 Å². The van der Waals surface area contributed by atoms with Crippen LogP contribution in [0, 0.1) is 6.92 Å². The molecular weight excluding hydrogens is 535 g/mol. The van der Waals surface area contributed by atoms with E-state index in [1.54, 1.807) is 44.2 Å². The van der Waals surface area contributed by atoms with Gasteiger partial charge in [-0.25, -0.2) is 0 Å². The van der Waals surface area contributed by atoms with Crippen LogP contribution in [-0.2, 0) is 6.42 Å². The van der Waals surface area contributed by atoms with Crippen LogP contribution in [0.1, 0.15) is 38.9 Å². The molecule has 0 bridgehead atoms. The Hall–Kier alpha value is -3.19. The summed E-state index contributed by atoms with van der Waals surface area (Å²) in [5.74, 6) is 1.30. The van der Waals surface area contributed by atoms with Gasteiger partial charge in [0.2, 0.25) is 0 Å². The van der Waals surface area contributed by atoms with Crippen LogP contribution in [-0.4, -0.2) is 36.7 Å². The van der Waals surface area contributed by atoms with Gasteiger partial charge in [-0.05, 0) is 60.4 Å². The van der Waals surface area contributed by atoms with Crippen molar-refractivity contribution < 1.29 is 18.8 Å². The van der Waals surface area contributed by atoms with Gasteiger partial charge in [0.1, 0.15) is 17.0 Å². The van der Waals surface area contributed by atoms with E-state index in [0.29, 0.717) is 62.1 Å². The lowest BCUT2D eigenvalue weighted by Gasteiger charge is -2.38. The fraction of sp³-hybridized carbons (Fsp3) is 0.214. The third-order valence-corrected chi connectivity index (χ3v) is 7.58. The van der Waals surface area contributed by atoms with Crippen LogP contribution in [0.5, 0.6) is 11.5 Å². The number of ether oxygens (including phenoxy) is 2. The Labute approximate surface area is 229 Å². The molecule has 5 rings (SSSR count). The summed E-state index contributed by atoms with van der Waals surface area (Å²) < 4.78 is 16.6. The molecule has 0 aliphatic carbocycles. The molecule has 37 heavy (non-hydrogen) atoms. The molecule has 0 N–H and O–H groups in total. The Balaban J connectivity index is 1.69. The molecule has 190 valence electrons. The summed E-state index contributed by atoms with van der Waals surface area (Å²) in [5, 5.41) is 5.47. The molecule has 0 fully saturated rings. The average Bonchev–Trinajstić information content (AvgIpc) is 3.27. The van der Waals surface area contributed by atoms with Crippen LogP contribution in [0.2, 0.25) is 15.1 Å². The average molecular weight is 558 g/mol. The summed E-state index contributed by atoms with van der Waals surface area (Å²) in [6.07, 6.45) is 0.606. The number of aryl methyl sites for hydroxylation is 1. The molecule has 1 aliphatic heterocycles. The Morgan fingerprint density at radius 1 is 0.946 bits per heavy atom. The fourth-order valence-corrected chi connectivity index (χ4v) is 5.67. The fourth-order valence-electron chi connectivity index (χ4n) is 4.86. The number of aromatic nitrogens is 1. The quantitative estimate of drug-likeness (QED) is 0.256. The van der Waals surface area contributed by atoms with Crippen molar-refractivity contribution in [3.05, 3.63) is 97.7 Å². The zero-order valence-electron chi connectivity index (χ0n) is 20.3. The number of carbonyl (C=O) groups is 1. The SMILES string of the molecule is COc1cc2c(cc1OC)[C@H](c1ccccc1Cl)N(C(=O)c1c(-c3c(Cl)cccc3Cl)noc1C)CC2. The Bertz CT molecular complexity index is 1480. The number of halogens is 3. The van der Waals surface area contributed by atoms with Crippen molar-refractivity contribution in [1.29, 1.82) is 0 Å². The van der Waals surface area contributed by atoms with Gasteiger partial charge in [0.25, 0.3) is 5.91 Å². The molecule has 0 saturated heterocycles. The largest absolute Gasteiger partial charge is 0.493 e. The van der Waals surface area contributed by atoms with E-state index in [0.717, 1.165) is 16.7 Å². The van der Waals surface area contributed by atoms with Gasteiger partial charge < -0.3 is 18.9 Å². The van der Waals surface area contributed by atoms with E-state index >= 15 is 0 Å². The van der Waals surface area contributed by atoms with E-state index in [-0.39, 0.29) is 5.91 Å². The zero-order chi connectivity index (χ0) is 26.3. The van der Waals surface area contributed by atoms with Gasteiger partial charge in [0, 0.05) is 17.1 Å². The number of carbonyl (C=O) groups excluding carboxylic acids is 1. The van der Waals surface area contributed by atoms with Crippen LogP contribution in [0.3, 0.4) is 0 Å². The van der Waals surface area contributed by atoms with Crippen LogP contribution in [0.25, 0.3) is 11.3 Å². The predicted molar refractivity (Wildman–Crippen MR) is 144 cm³/mol. The van der Waals surface area contributed by atoms with Crippen LogP contribution in [0.15, 0.2) is 59.1 Å². The number of fused-ring (bicyclic) bond motifs is 1. The highest BCUT2D eigenvalue weighted by Crippen LogP contribution is 2.44. The summed E-state index contributed by atoms with van der Waals surface area (Å²) in [6, 6.07) is 16.0. The Kier molecular flexibility index (Phi) is 7.08. The highest BCUT2D eigenvalue weighted by atomic mass is 35.5. The number of methoxy groups -OCH3 is 2. The summed E-state index contributed by atoms with van der Waals surface area (Å²) in [7, 11) is 3.19. The first-order chi connectivity index (χ1) is 17.8. The zero-order valence-corrected chi connectivity index (χ0v) is 22.6. The highest BCUT2D eigenvalue weighted by molar-refractivity contribution is 6.39. The minimum absolute atomic E-state index is 0.268. The van der Waals surface area contributed by atoms with Crippen molar-refractivity contribution in [3.63, 3.8) is 0 Å². The molecule has 1 amide bonds. The minimum Gasteiger partial charge on any atom is -0.493 e. The lowest BCUT2D eigenvalue weighted by molar-refractivity contribution is 0.0693. The monoisotopic (exact) mass is 556 g/mol. The first kappa shape index (κ1) is 25.5.